The van der Waals surface area contributed by atoms with E-state index >= 15 is 0 Å². The number of hydrogen-bond acceptors (Lipinski definition) is 4. The summed E-state index contributed by atoms with van der Waals surface area (Å²) in [6.45, 7) is 5.08. The lowest BCUT2D eigenvalue weighted by molar-refractivity contribution is 0.0938. The van der Waals surface area contributed by atoms with Crippen molar-refractivity contribution in [3.8, 4) is 0 Å². The molecule has 0 saturated carbocycles. The second kappa shape index (κ2) is 8.20. The maximum Gasteiger partial charge on any atom is 0.251 e. The van der Waals surface area contributed by atoms with Gasteiger partial charge in [-0.3, -0.25) is 4.79 Å². The Bertz CT molecular complexity index is 1110. The number of aromatic nitrogens is 2. The van der Waals surface area contributed by atoms with Gasteiger partial charge in [-0.05, 0) is 62.1 Å². The van der Waals surface area contributed by atoms with E-state index < -0.39 is 10.0 Å². The molecule has 0 aliphatic carbocycles. The van der Waals surface area contributed by atoms with Crippen molar-refractivity contribution in [1.29, 1.82) is 0 Å². The molecule has 8 heteroatoms. The van der Waals surface area contributed by atoms with Crippen LogP contribution in [-0.2, 0) is 10.0 Å². The lowest BCUT2D eigenvalue weighted by atomic mass is 10.0. The van der Waals surface area contributed by atoms with Crippen LogP contribution in [0.3, 0.4) is 0 Å². The summed E-state index contributed by atoms with van der Waals surface area (Å²) < 4.78 is 27.2. The molecule has 4 rings (SSSR count). The molecule has 158 valence electrons. The third-order valence-corrected chi connectivity index (χ3v) is 7.58. The average molecular weight is 427 g/mol. The number of sulfonamides is 1. The Kier molecular flexibility index (Phi) is 5.62. The van der Waals surface area contributed by atoms with E-state index in [1.807, 2.05) is 31.2 Å². The first-order valence-electron chi connectivity index (χ1n) is 10.2. The van der Waals surface area contributed by atoms with Crippen molar-refractivity contribution in [3.63, 3.8) is 0 Å². The van der Waals surface area contributed by atoms with Crippen molar-refractivity contribution < 1.29 is 13.2 Å². The zero-order valence-electron chi connectivity index (χ0n) is 17.1. The average Bonchev–Trinajstić information content (AvgIpc) is 3.18. The number of rotatable bonds is 5. The minimum atomic E-state index is -3.52. The van der Waals surface area contributed by atoms with Crippen molar-refractivity contribution in [2.75, 3.05) is 13.1 Å². The number of nitrogens with one attached hydrogen (secondary N) is 2. The van der Waals surface area contributed by atoms with Crippen LogP contribution >= 0.6 is 0 Å². The van der Waals surface area contributed by atoms with E-state index in [1.165, 1.54) is 16.4 Å². The maximum absolute atomic E-state index is 12.8. The Morgan fingerprint density at radius 3 is 2.47 bits per heavy atom. The molecule has 3 aromatic rings. The number of hydrogen-bond donors (Lipinski definition) is 2. The molecule has 1 saturated heterocycles. The minimum absolute atomic E-state index is 0.221. The Morgan fingerprint density at radius 1 is 1.13 bits per heavy atom. The number of carbonyl (C=O) groups is 1. The molecule has 1 amide bonds. The third kappa shape index (κ3) is 4.11. The molecule has 1 fully saturated rings. The first-order valence-corrected chi connectivity index (χ1v) is 11.6. The van der Waals surface area contributed by atoms with Crippen molar-refractivity contribution in [3.05, 3.63) is 59.9 Å². The summed E-state index contributed by atoms with van der Waals surface area (Å²) in [4.78, 5) is 20.6. The molecule has 0 spiro atoms. The van der Waals surface area contributed by atoms with E-state index in [2.05, 4.69) is 22.2 Å². The van der Waals surface area contributed by atoms with E-state index in [-0.39, 0.29) is 16.8 Å². The number of nitrogens with zero attached hydrogens (tertiary/aromatic N) is 2. The quantitative estimate of drug-likeness (QED) is 0.653. The molecule has 0 radical (unpaired) electrons. The van der Waals surface area contributed by atoms with Gasteiger partial charge in [0.25, 0.3) is 5.91 Å². The van der Waals surface area contributed by atoms with Gasteiger partial charge >= 0.3 is 0 Å². The van der Waals surface area contributed by atoms with Crippen LogP contribution in [-0.4, -0.2) is 41.7 Å². The lowest BCUT2D eigenvalue weighted by Gasteiger charge is -2.29. The van der Waals surface area contributed by atoms with Crippen molar-refractivity contribution in [1.82, 2.24) is 19.6 Å². The SMILES string of the molecule is CC1CCN(S(=O)(=O)c2ccc(C(=O)NC(C)c3nc4ccccc4[nH]3)cc2)CC1. The van der Waals surface area contributed by atoms with Crippen LogP contribution in [0.25, 0.3) is 11.0 Å². The van der Waals surface area contributed by atoms with Gasteiger partial charge < -0.3 is 10.3 Å². The Morgan fingerprint density at radius 2 is 1.80 bits per heavy atom. The number of piperidine rings is 1. The molecule has 2 heterocycles. The number of imidazole rings is 1. The molecular formula is C22H26N4O3S. The highest BCUT2D eigenvalue weighted by molar-refractivity contribution is 7.89. The minimum Gasteiger partial charge on any atom is -0.342 e. The molecule has 1 unspecified atom stereocenters. The van der Waals surface area contributed by atoms with Gasteiger partial charge in [0.1, 0.15) is 5.82 Å². The fourth-order valence-electron chi connectivity index (χ4n) is 3.68. The molecule has 7 nitrogen and oxygen atoms in total. The molecule has 1 aromatic heterocycles. The summed E-state index contributed by atoms with van der Waals surface area (Å²) in [5, 5.41) is 2.91. The number of H-pyrrole nitrogens is 1. The van der Waals surface area contributed by atoms with Gasteiger partial charge in [-0.1, -0.05) is 19.1 Å². The molecule has 2 N–H and O–H groups in total. The van der Waals surface area contributed by atoms with E-state index in [9.17, 15) is 13.2 Å². The summed E-state index contributed by atoms with van der Waals surface area (Å²) in [5.41, 5.74) is 2.16. The zero-order valence-corrected chi connectivity index (χ0v) is 17.9. The highest BCUT2D eigenvalue weighted by Crippen LogP contribution is 2.24. The van der Waals surface area contributed by atoms with Crippen LogP contribution < -0.4 is 5.32 Å². The first kappa shape index (κ1) is 20.6. The van der Waals surface area contributed by atoms with Crippen LogP contribution in [0.2, 0.25) is 0 Å². The smallest absolute Gasteiger partial charge is 0.251 e. The number of para-hydroxylation sites is 2. The Balaban J connectivity index is 1.44. The van der Waals surface area contributed by atoms with Gasteiger partial charge in [0.05, 0.1) is 22.0 Å². The van der Waals surface area contributed by atoms with Gasteiger partial charge in [-0.25, -0.2) is 13.4 Å². The Labute approximate surface area is 176 Å². The fourth-order valence-corrected chi connectivity index (χ4v) is 5.15. The van der Waals surface area contributed by atoms with E-state index in [0.717, 1.165) is 23.9 Å². The summed E-state index contributed by atoms with van der Waals surface area (Å²) >= 11 is 0. The standard InChI is InChI=1S/C22H26N4O3S/c1-15-11-13-26(14-12-15)30(28,29)18-9-7-17(8-10-18)22(27)23-16(2)21-24-19-5-3-4-6-20(19)25-21/h3-10,15-16H,11-14H2,1-2H3,(H,23,27)(H,24,25). The van der Waals surface area contributed by atoms with Gasteiger partial charge in [0, 0.05) is 18.7 Å². The molecule has 0 bridgehead atoms. The molecule has 1 atom stereocenters. The van der Waals surface area contributed by atoms with Crippen LogP contribution in [0, 0.1) is 5.92 Å². The lowest BCUT2D eigenvalue weighted by Crippen LogP contribution is -2.37. The summed E-state index contributed by atoms with van der Waals surface area (Å²) in [7, 11) is -3.52. The fraction of sp³-hybridized carbons (Fsp3) is 0.364. The molecule has 1 aliphatic rings. The summed E-state index contributed by atoms with van der Waals surface area (Å²) in [5.74, 6) is 0.943. The van der Waals surface area contributed by atoms with E-state index in [1.54, 1.807) is 12.1 Å². The van der Waals surface area contributed by atoms with Crippen molar-refractivity contribution >= 4 is 27.0 Å². The topological polar surface area (TPSA) is 95.2 Å². The van der Waals surface area contributed by atoms with Crippen LogP contribution in [0.4, 0.5) is 0 Å². The first-order chi connectivity index (χ1) is 14.3. The van der Waals surface area contributed by atoms with Gasteiger partial charge in [0.15, 0.2) is 0 Å². The monoisotopic (exact) mass is 426 g/mol. The predicted octanol–water partition coefficient (Wildman–Crippen LogP) is 3.47. The van der Waals surface area contributed by atoms with Gasteiger partial charge in [0.2, 0.25) is 10.0 Å². The summed E-state index contributed by atoms with van der Waals surface area (Å²) in [6.07, 6.45) is 1.75. The van der Waals surface area contributed by atoms with Crippen molar-refractivity contribution in [2.24, 2.45) is 5.92 Å². The Hall–Kier alpha value is -2.71. The van der Waals surface area contributed by atoms with E-state index in [4.69, 9.17) is 0 Å². The van der Waals surface area contributed by atoms with Crippen LogP contribution in [0.15, 0.2) is 53.4 Å². The zero-order chi connectivity index (χ0) is 21.3. The van der Waals surface area contributed by atoms with E-state index in [0.29, 0.717) is 30.4 Å². The molecule has 30 heavy (non-hydrogen) atoms. The second-order valence-corrected chi connectivity index (χ2v) is 9.88. The van der Waals surface area contributed by atoms with Crippen LogP contribution in [0.1, 0.15) is 48.9 Å². The highest BCUT2D eigenvalue weighted by Gasteiger charge is 2.28. The second-order valence-electron chi connectivity index (χ2n) is 7.95. The number of aromatic amines is 1. The summed E-state index contributed by atoms with van der Waals surface area (Å²) in [6, 6.07) is 13.5. The molecular weight excluding hydrogens is 400 g/mol. The van der Waals surface area contributed by atoms with Crippen LogP contribution in [0.5, 0.6) is 0 Å². The largest absolute Gasteiger partial charge is 0.342 e. The highest BCUT2D eigenvalue weighted by atomic mass is 32.2. The number of amides is 1. The number of carbonyl (C=O) groups excluding carboxylic acids is 1. The third-order valence-electron chi connectivity index (χ3n) is 5.66. The molecule has 1 aliphatic heterocycles. The normalized spacial score (nSPS) is 17.1. The maximum atomic E-state index is 12.8. The molecule has 2 aromatic carbocycles. The predicted molar refractivity (Wildman–Crippen MR) is 116 cm³/mol. The number of fused-ring (bicyclic) bond motifs is 1. The van der Waals surface area contributed by atoms with Gasteiger partial charge in [-0.15, -0.1) is 0 Å². The van der Waals surface area contributed by atoms with Crippen molar-refractivity contribution in [2.45, 2.75) is 37.6 Å². The number of benzene rings is 2. The van der Waals surface area contributed by atoms with Gasteiger partial charge in [-0.2, -0.15) is 4.31 Å².